The molecule has 3 aliphatic rings. The van der Waals surface area contributed by atoms with Gasteiger partial charge >= 0.3 is 0 Å². The Morgan fingerprint density at radius 1 is 1.15 bits per heavy atom. The molecular weight excluding hydrogens is 326 g/mol. The van der Waals surface area contributed by atoms with Crippen molar-refractivity contribution < 1.29 is 4.79 Å². The van der Waals surface area contributed by atoms with Gasteiger partial charge in [0.1, 0.15) is 0 Å². The molecule has 0 N–H and O–H groups in total. The van der Waals surface area contributed by atoms with E-state index in [-0.39, 0.29) is 11.5 Å². The number of nitrogens with zero attached hydrogens (tertiary/aromatic N) is 3. The van der Waals surface area contributed by atoms with E-state index in [0.29, 0.717) is 17.9 Å². The van der Waals surface area contributed by atoms with Gasteiger partial charge in [-0.05, 0) is 43.7 Å². The Labute approximate surface area is 155 Å². The van der Waals surface area contributed by atoms with Crippen LogP contribution in [0.1, 0.15) is 50.3 Å². The molecule has 0 aromatic carbocycles. The smallest absolute Gasteiger partial charge is 0.250 e. The van der Waals surface area contributed by atoms with Crippen LogP contribution in [0.25, 0.3) is 6.08 Å². The second-order valence-corrected chi connectivity index (χ2v) is 8.11. The predicted molar refractivity (Wildman–Crippen MR) is 103 cm³/mol. The SMILES string of the molecule is CC=Cc1ccc(=O)n2c1[C@H]1C[C@@H](CN(C3CCN(C(C)=O)CC3)C1)C2. The minimum Gasteiger partial charge on any atom is -0.343 e. The average Bonchev–Trinajstić information content (AvgIpc) is 2.64. The van der Waals surface area contributed by atoms with Gasteiger partial charge in [-0.3, -0.25) is 14.5 Å². The monoisotopic (exact) mass is 355 g/mol. The fraction of sp³-hybridized carbons (Fsp3) is 0.619. The number of hydrogen-bond acceptors (Lipinski definition) is 3. The molecule has 4 rings (SSSR count). The van der Waals surface area contributed by atoms with Gasteiger partial charge in [0.25, 0.3) is 5.56 Å². The van der Waals surface area contributed by atoms with Gasteiger partial charge in [-0.15, -0.1) is 0 Å². The quantitative estimate of drug-likeness (QED) is 0.818. The molecule has 0 spiro atoms. The molecule has 1 aromatic heterocycles. The summed E-state index contributed by atoms with van der Waals surface area (Å²) in [7, 11) is 0. The van der Waals surface area contributed by atoms with E-state index in [1.807, 2.05) is 22.5 Å². The maximum atomic E-state index is 12.4. The van der Waals surface area contributed by atoms with Crippen molar-refractivity contribution >= 4 is 12.0 Å². The Hall–Kier alpha value is -1.88. The highest BCUT2D eigenvalue weighted by atomic mass is 16.2. The second kappa shape index (κ2) is 7.03. The van der Waals surface area contributed by atoms with E-state index in [1.165, 1.54) is 17.7 Å². The molecule has 0 aliphatic carbocycles. The maximum Gasteiger partial charge on any atom is 0.250 e. The molecule has 3 aliphatic heterocycles. The van der Waals surface area contributed by atoms with Gasteiger partial charge < -0.3 is 9.47 Å². The first kappa shape index (κ1) is 17.5. The molecule has 0 radical (unpaired) electrons. The summed E-state index contributed by atoms with van der Waals surface area (Å²) in [5.74, 6) is 1.20. The second-order valence-electron chi connectivity index (χ2n) is 8.11. The lowest BCUT2D eigenvalue weighted by atomic mass is 9.80. The van der Waals surface area contributed by atoms with Gasteiger partial charge in [-0.2, -0.15) is 0 Å². The van der Waals surface area contributed by atoms with E-state index < -0.39 is 0 Å². The van der Waals surface area contributed by atoms with Crippen LogP contribution in [0.5, 0.6) is 0 Å². The summed E-state index contributed by atoms with van der Waals surface area (Å²) in [4.78, 5) is 28.6. The lowest BCUT2D eigenvalue weighted by Gasteiger charge is -2.47. The highest BCUT2D eigenvalue weighted by Gasteiger charge is 2.38. The van der Waals surface area contributed by atoms with Crippen LogP contribution in [0.4, 0.5) is 0 Å². The van der Waals surface area contributed by atoms with Gasteiger partial charge in [0, 0.05) is 63.4 Å². The van der Waals surface area contributed by atoms with Crippen molar-refractivity contribution in [3.63, 3.8) is 0 Å². The molecule has 5 nitrogen and oxygen atoms in total. The zero-order valence-electron chi connectivity index (χ0n) is 15.9. The van der Waals surface area contributed by atoms with Crippen molar-refractivity contribution in [2.45, 2.75) is 51.6 Å². The van der Waals surface area contributed by atoms with Gasteiger partial charge in [-0.25, -0.2) is 0 Å². The molecule has 2 bridgehead atoms. The third kappa shape index (κ3) is 3.13. The number of piperidine rings is 2. The highest BCUT2D eigenvalue weighted by molar-refractivity contribution is 5.73. The summed E-state index contributed by atoms with van der Waals surface area (Å²) in [6, 6.07) is 4.27. The lowest BCUT2D eigenvalue weighted by molar-refractivity contribution is -0.130. The molecule has 0 unspecified atom stereocenters. The van der Waals surface area contributed by atoms with Crippen LogP contribution in [-0.2, 0) is 11.3 Å². The number of carbonyl (C=O) groups excluding carboxylic acids is 1. The zero-order chi connectivity index (χ0) is 18.3. The van der Waals surface area contributed by atoms with Gasteiger partial charge in [0.2, 0.25) is 5.91 Å². The number of pyridine rings is 1. The average molecular weight is 355 g/mol. The van der Waals surface area contributed by atoms with Crippen molar-refractivity contribution in [3.8, 4) is 0 Å². The van der Waals surface area contributed by atoms with Crippen molar-refractivity contribution in [3.05, 3.63) is 39.8 Å². The first-order valence-corrected chi connectivity index (χ1v) is 9.92. The number of rotatable bonds is 2. The Bertz CT molecular complexity index is 774. The topological polar surface area (TPSA) is 45.6 Å². The van der Waals surface area contributed by atoms with E-state index >= 15 is 0 Å². The molecule has 0 saturated carbocycles. The minimum atomic E-state index is 0.145. The van der Waals surface area contributed by atoms with Gasteiger partial charge in [0.05, 0.1) is 0 Å². The number of likely N-dealkylation sites (tertiary alicyclic amines) is 2. The van der Waals surface area contributed by atoms with Crippen molar-refractivity contribution in [1.29, 1.82) is 0 Å². The Kier molecular flexibility index (Phi) is 4.74. The minimum absolute atomic E-state index is 0.145. The molecule has 26 heavy (non-hydrogen) atoms. The first-order chi connectivity index (χ1) is 12.6. The van der Waals surface area contributed by atoms with E-state index in [0.717, 1.165) is 45.6 Å². The van der Waals surface area contributed by atoms with Crippen LogP contribution in [0, 0.1) is 5.92 Å². The number of carbonyl (C=O) groups is 1. The molecule has 5 heteroatoms. The third-order valence-electron chi connectivity index (χ3n) is 6.42. The fourth-order valence-electron chi connectivity index (χ4n) is 5.25. The van der Waals surface area contributed by atoms with Crippen LogP contribution in [0.3, 0.4) is 0 Å². The summed E-state index contributed by atoms with van der Waals surface area (Å²) in [5.41, 5.74) is 2.58. The first-order valence-electron chi connectivity index (χ1n) is 9.92. The summed E-state index contributed by atoms with van der Waals surface area (Å²) in [5, 5.41) is 0. The highest BCUT2D eigenvalue weighted by Crippen LogP contribution is 2.38. The molecule has 2 atom stereocenters. The standard InChI is InChI=1S/C21H29N3O2/c1-3-4-17-5-6-20(26)24-13-16-11-18(21(17)24)14-23(12-16)19-7-9-22(10-8-19)15(2)25/h3-6,16,18-19H,7-14H2,1-2H3/t16-,18-/m0/s1. The number of allylic oxidation sites excluding steroid dienone is 1. The molecule has 1 aromatic rings. The van der Waals surface area contributed by atoms with Gasteiger partial charge in [0.15, 0.2) is 0 Å². The lowest BCUT2D eigenvalue weighted by Crippen LogP contribution is -2.53. The Morgan fingerprint density at radius 2 is 1.92 bits per heavy atom. The van der Waals surface area contributed by atoms with E-state index in [1.54, 1.807) is 13.0 Å². The van der Waals surface area contributed by atoms with Gasteiger partial charge in [-0.1, -0.05) is 12.2 Å². The number of fused-ring (bicyclic) bond motifs is 4. The largest absolute Gasteiger partial charge is 0.343 e. The molecule has 4 heterocycles. The normalized spacial score (nSPS) is 26.9. The summed E-state index contributed by atoms with van der Waals surface area (Å²) >= 11 is 0. The van der Waals surface area contributed by atoms with Crippen LogP contribution in [0.2, 0.25) is 0 Å². The zero-order valence-corrected chi connectivity index (χ0v) is 15.9. The van der Waals surface area contributed by atoms with E-state index in [9.17, 15) is 9.59 Å². The number of hydrogen-bond donors (Lipinski definition) is 0. The third-order valence-corrected chi connectivity index (χ3v) is 6.42. The Balaban J connectivity index is 1.56. The van der Waals surface area contributed by atoms with Crippen LogP contribution >= 0.6 is 0 Å². The van der Waals surface area contributed by atoms with E-state index in [2.05, 4.69) is 17.1 Å². The summed E-state index contributed by atoms with van der Waals surface area (Å²) in [6.45, 7) is 8.43. The number of amides is 1. The van der Waals surface area contributed by atoms with E-state index in [4.69, 9.17) is 0 Å². The summed E-state index contributed by atoms with van der Waals surface area (Å²) < 4.78 is 2.03. The predicted octanol–water partition coefficient (Wildman–Crippen LogP) is 2.31. The molecule has 1 amide bonds. The summed E-state index contributed by atoms with van der Waals surface area (Å²) in [6.07, 6.45) is 7.53. The molecular formula is C21H29N3O2. The number of aromatic nitrogens is 1. The fourth-order valence-corrected chi connectivity index (χ4v) is 5.25. The Morgan fingerprint density at radius 3 is 2.62 bits per heavy atom. The van der Waals surface area contributed by atoms with Crippen LogP contribution in [-0.4, -0.2) is 52.5 Å². The maximum absolute atomic E-state index is 12.4. The molecule has 140 valence electrons. The van der Waals surface area contributed by atoms with Crippen LogP contribution in [0.15, 0.2) is 23.0 Å². The molecule has 2 saturated heterocycles. The van der Waals surface area contributed by atoms with Crippen LogP contribution < -0.4 is 5.56 Å². The van der Waals surface area contributed by atoms with Crippen molar-refractivity contribution in [2.24, 2.45) is 5.92 Å². The molecule has 2 fully saturated rings. The van der Waals surface area contributed by atoms with Crippen molar-refractivity contribution in [2.75, 3.05) is 26.2 Å². The van der Waals surface area contributed by atoms with Crippen molar-refractivity contribution in [1.82, 2.24) is 14.4 Å².